The van der Waals surface area contributed by atoms with Gasteiger partial charge in [-0.3, -0.25) is 4.79 Å². The maximum Gasteiger partial charge on any atom is 0.245 e. The van der Waals surface area contributed by atoms with Gasteiger partial charge in [0.2, 0.25) is 15.9 Å². The van der Waals surface area contributed by atoms with Crippen molar-refractivity contribution in [2.75, 3.05) is 12.4 Å². The normalized spacial score (nSPS) is 12.4. The Morgan fingerprint density at radius 1 is 0.971 bits per heavy atom. The Morgan fingerprint density at radius 3 is 2.21 bits per heavy atom. The summed E-state index contributed by atoms with van der Waals surface area (Å²) in [6.45, 7) is 3.93. The molecule has 0 bridgehead atoms. The van der Waals surface area contributed by atoms with Crippen LogP contribution in [0.2, 0.25) is 10.0 Å². The number of carbonyl (C=O) groups excluding carboxylic acids is 1. The van der Waals surface area contributed by atoms with Crippen LogP contribution in [-0.2, 0) is 21.2 Å². The highest BCUT2D eigenvalue weighted by Gasteiger charge is 2.29. The molecule has 0 heterocycles. The van der Waals surface area contributed by atoms with Gasteiger partial charge in [-0.1, -0.05) is 79.5 Å². The first-order valence-corrected chi connectivity index (χ1v) is 12.9. The average molecular weight is 521 g/mol. The third-order valence-electron chi connectivity index (χ3n) is 5.25. The lowest BCUT2D eigenvalue weighted by atomic mass is 10.0. The number of methoxy groups -OCH3 is 1. The number of benzene rings is 3. The van der Waals surface area contributed by atoms with E-state index >= 15 is 0 Å². The Hall–Kier alpha value is -2.58. The third-order valence-corrected chi connectivity index (χ3v) is 7.37. The van der Waals surface area contributed by atoms with E-state index in [1.165, 1.54) is 7.11 Å². The van der Waals surface area contributed by atoms with Gasteiger partial charge in [0, 0.05) is 0 Å². The molecular formula is C25H26Cl2N2O4S. The van der Waals surface area contributed by atoms with E-state index in [0.29, 0.717) is 0 Å². The molecule has 0 aliphatic rings. The Labute approximate surface area is 210 Å². The second-order valence-electron chi connectivity index (χ2n) is 8.01. The van der Waals surface area contributed by atoms with Crippen LogP contribution in [0.15, 0.2) is 71.6 Å². The highest BCUT2D eigenvalue weighted by atomic mass is 35.5. The van der Waals surface area contributed by atoms with Crippen LogP contribution in [0, 0.1) is 0 Å². The van der Waals surface area contributed by atoms with E-state index in [4.69, 9.17) is 27.9 Å². The summed E-state index contributed by atoms with van der Waals surface area (Å²) in [6.07, 6.45) is 0.111. The molecule has 0 aromatic heterocycles. The molecule has 0 radical (unpaired) electrons. The number of anilines is 1. The second kappa shape index (κ2) is 11.2. The number of halogens is 2. The number of hydrogen-bond donors (Lipinski definition) is 2. The van der Waals surface area contributed by atoms with Crippen molar-refractivity contribution in [2.24, 2.45) is 0 Å². The molecule has 2 N–H and O–H groups in total. The van der Waals surface area contributed by atoms with Crippen LogP contribution in [0.4, 0.5) is 5.69 Å². The molecule has 0 spiro atoms. The minimum atomic E-state index is -4.14. The van der Waals surface area contributed by atoms with Crippen LogP contribution < -0.4 is 14.8 Å². The maximum atomic E-state index is 13.5. The average Bonchev–Trinajstić information content (AvgIpc) is 2.81. The Morgan fingerprint density at radius 2 is 1.62 bits per heavy atom. The Balaban J connectivity index is 1.98. The van der Waals surface area contributed by atoms with Gasteiger partial charge >= 0.3 is 0 Å². The van der Waals surface area contributed by atoms with Crippen molar-refractivity contribution in [3.63, 3.8) is 0 Å². The van der Waals surface area contributed by atoms with Crippen LogP contribution in [0.3, 0.4) is 0 Å². The number of rotatable bonds is 9. The van der Waals surface area contributed by atoms with Crippen molar-refractivity contribution in [1.82, 2.24) is 4.72 Å². The lowest BCUT2D eigenvalue weighted by Crippen LogP contribution is -2.45. The van der Waals surface area contributed by atoms with Crippen LogP contribution >= 0.6 is 23.2 Å². The van der Waals surface area contributed by atoms with Crippen LogP contribution in [0.5, 0.6) is 5.75 Å². The zero-order valence-corrected chi connectivity index (χ0v) is 21.3. The zero-order chi connectivity index (χ0) is 24.9. The minimum Gasteiger partial charge on any atom is -0.495 e. The number of carbonyl (C=O) groups is 1. The molecule has 0 aliphatic carbocycles. The first kappa shape index (κ1) is 26.0. The number of para-hydroxylation sites is 1. The first-order chi connectivity index (χ1) is 16.1. The van der Waals surface area contributed by atoms with Gasteiger partial charge in [-0.05, 0) is 47.7 Å². The summed E-state index contributed by atoms with van der Waals surface area (Å²) >= 11 is 12.4. The molecular weight excluding hydrogens is 495 g/mol. The third kappa shape index (κ3) is 6.30. The molecule has 34 heavy (non-hydrogen) atoms. The Kier molecular flexibility index (Phi) is 8.60. The number of ether oxygens (including phenoxy) is 1. The number of amides is 1. The van der Waals surface area contributed by atoms with Gasteiger partial charge < -0.3 is 10.1 Å². The van der Waals surface area contributed by atoms with Gasteiger partial charge in [0.1, 0.15) is 16.7 Å². The fourth-order valence-corrected chi connectivity index (χ4v) is 5.27. The monoisotopic (exact) mass is 520 g/mol. The van der Waals surface area contributed by atoms with Crippen molar-refractivity contribution in [3.05, 3.63) is 87.9 Å². The van der Waals surface area contributed by atoms with Crippen molar-refractivity contribution >= 4 is 44.8 Å². The predicted molar refractivity (Wildman–Crippen MR) is 136 cm³/mol. The predicted octanol–water partition coefficient (Wildman–Crippen LogP) is 5.65. The van der Waals surface area contributed by atoms with Crippen LogP contribution in [-0.4, -0.2) is 27.5 Å². The van der Waals surface area contributed by atoms with Crippen molar-refractivity contribution < 1.29 is 17.9 Å². The minimum absolute atomic E-state index is 0.0390. The number of sulfonamides is 1. The summed E-state index contributed by atoms with van der Waals surface area (Å²) in [5.41, 5.74) is 1.82. The molecule has 0 saturated carbocycles. The highest BCUT2D eigenvalue weighted by molar-refractivity contribution is 7.89. The molecule has 0 fully saturated rings. The Bertz CT molecular complexity index is 1240. The fourth-order valence-electron chi connectivity index (χ4n) is 3.38. The van der Waals surface area contributed by atoms with Gasteiger partial charge in [0.25, 0.3) is 0 Å². The van der Waals surface area contributed by atoms with Crippen molar-refractivity contribution in [3.8, 4) is 5.75 Å². The molecule has 1 amide bonds. The van der Waals surface area contributed by atoms with Gasteiger partial charge in [0.05, 0.1) is 22.8 Å². The lowest BCUT2D eigenvalue weighted by Gasteiger charge is -2.21. The molecule has 1 atom stereocenters. The molecule has 0 aliphatic heterocycles. The molecule has 3 aromatic carbocycles. The number of hydrogen-bond acceptors (Lipinski definition) is 4. The number of nitrogens with one attached hydrogen (secondary N) is 2. The zero-order valence-electron chi connectivity index (χ0n) is 19.0. The van der Waals surface area contributed by atoms with E-state index in [-0.39, 0.29) is 38.7 Å². The first-order valence-electron chi connectivity index (χ1n) is 10.6. The van der Waals surface area contributed by atoms with E-state index in [9.17, 15) is 13.2 Å². The highest BCUT2D eigenvalue weighted by Crippen LogP contribution is 2.31. The smallest absolute Gasteiger partial charge is 0.245 e. The van der Waals surface area contributed by atoms with Crippen molar-refractivity contribution in [2.45, 2.75) is 37.1 Å². The van der Waals surface area contributed by atoms with E-state index < -0.39 is 22.0 Å². The van der Waals surface area contributed by atoms with Crippen LogP contribution in [0.25, 0.3) is 0 Å². The largest absolute Gasteiger partial charge is 0.495 e. The molecule has 6 nitrogen and oxygen atoms in total. The summed E-state index contributed by atoms with van der Waals surface area (Å²) in [5, 5.41) is 3.16. The molecule has 1 unspecified atom stereocenters. The SMILES string of the molecule is COc1ccc(C(C)C)cc1S(=O)(=O)NC(Cc1ccccc1)C(=O)Nc1c(Cl)cccc1Cl. The second-order valence-corrected chi connectivity index (χ2v) is 10.5. The molecule has 3 aromatic rings. The summed E-state index contributed by atoms with van der Waals surface area (Å²) < 4.78 is 34.8. The molecule has 9 heteroatoms. The van der Waals surface area contributed by atoms with Crippen molar-refractivity contribution in [1.29, 1.82) is 0 Å². The summed E-state index contributed by atoms with van der Waals surface area (Å²) in [4.78, 5) is 13.2. The topological polar surface area (TPSA) is 84.5 Å². The molecule has 3 rings (SSSR count). The molecule has 0 saturated heterocycles. The van der Waals surface area contributed by atoms with Gasteiger partial charge in [-0.2, -0.15) is 4.72 Å². The fraction of sp³-hybridized carbons (Fsp3) is 0.240. The van der Waals surface area contributed by atoms with E-state index in [2.05, 4.69) is 10.0 Å². The standard InChI is InChI=1S/C25H26Cl2N2O4S/c1-16(2)18-12-13-22(33-3)23(15-18)34(31,32)29-21(14-17-8-5-4-6-9-17)25(30)28-24-19(26)10-7-11-20(24)27/h4-13,15-16,21,29H,14H2,1-3H3,(H,28,30). The van der Waals surface area contributed by atoms with E-state index in [1.807, 2.05) is 50.2 Å². The van der Waals surface area contributed by atoms with Crippen LogP contribution in [0.1, 0.15) is 30.9 Å². The van der Waals surface area contributed by atoms with Gasteiger partial charge in [-0.25, -0.2) is 8.42 Å². The van der Waals surface area contributed by atoms with Gasteiger partial charge in [0.15, 0.2) is 0 Å². The molecule has 180 valence electrons. The lowest BCUT2D eigenvalue weighted by molar-refractivity contribution is -0.117. The van der Waals surface area contributed by atoms with Gasteiger partial charge in [-0.15, -0.1) is 0 Å². The quantitative estimate of drug-likeness (QED) is 0.381. The maximum absolute atomic E-state index is 13.5. The van der Waals surface area contributed by atoms with E-state index in [0.717, 1.165) is 11.1 Å². The van der Waals surface area contributed by atoms with E-state index in [1.54, 1.807) is 30.3 Å². The summed E-state index contributed by atoms with van der Waals surface area (Å²) in [7, 11) is -2.74. The summed E-state index contributed by atoms with van der Waals surface area (Å²) in [6, 6.07) is 17.8. The summed E-state index contributed by atoms with van der Waals surface area (Å²) in [5.74, 6) is -0.308.